The van der Waals surface area contributed by atoms with Crippen molar-refractivity contribution in [3.8, 4) is 28.9 Å². The fourth-order valence-corrected chi connectivity index (χ4v) is 3.14. The zero-order chi connectivity index (χ0) is 23.4. The second-order valence-corrected chi connectivity index (χ2v) is 6.95. The highest BCUT2D eigenvalue weighted by molar-refractivity contribution is 6.01. The lowest BCUT2D eigenvalue weighted by Crippen LogP contribution is -2.17. The van der Waals surface area contributed by atoms with Gasteiger partial charge in [0.1, 0.15) is 11.5 Å². The van der Waals surface area contributed by atoms with E-state index in [2.05, 4.69) is 20.4 Å². The minimum Gasteiger partial charge on any atom is -0.493 e. The fourth-order valence-electron chi connectivity index (χ4n) is 3.14. The zero-order valence-electron chi connectivity index (χ0n) is 18.2. The number of furan rings is 1. The molecule has 4 aromatic rings. The van der Waals surface area contributed by atoms with Gasteiger partial charge in [-0.3, -0.25) is 14.6 Å². The van der Waals surface area contributed by atoms with Gasteiger partial charge in [-0.25, -0.2) is 4.98 Å². The molecule has 10 heteroatoms. The van der Waals surface area contributed by atoms with Crippen LogP contribution in [0.4, 0.5) is 5.82 Å². The molecule has 0 aliphatic heterocycles. The number of ether oxygens (including phenoxy) is 2. The number of benzene rings is 1. The summed E-state index contributed by atoms with van der Waals surface area (Å²) in [5, 5.41) is 7.21. The predicted octanol–water partition coefficient (Wildman–Crippen LogP) is 3.19. The molecule has 0 atom stereocenters. The lowest BCUT2D eigenvalue weighted by molar-refractivity contribution is -0.111. The van der Waals surface area contributed by atoms with Gasteiger partial charge in [0.05, 0.1) is 20.5 Å². The molecule has 0 unspecified atom stereocenters. The number of methoxy groups -OCH3 is 2. The molecule has 33 heavy (non-hydrogen) atoms. The number of H-pyrrole nitrogens is 1. The highest BCUT2D eigenvalue weighted by Gasteiger charge is 2.16. The molecule has 10 nitrogen and oxygen atoms in total. The van der Waals surface area contributed by atoms with E-state index >= 15 is 0 Å². The maximum atomic E-state index is 12.7. The van der Waals surface area contributed by atoms with Crippen molar-refractivity contribution in [3.05, 3.63) is 76.4 Å². The van der Waals surface area contributed by atoms with Gasteiger partial charge in [0, 0.05) is 23.9 Å². The predicted molar refractivity (Wildman–Crippen MR) is 122 cm³/mol. The molecule has 3 heterocycles. The third-order valence-electron chi connectivity index (χ3n) is 4.63. The summed E-state index contributed by atoms with van der Waals surface area (Å²) < 4.78 is 17.3. The fraction of sp³-hybridized carbons (Fsp3) is 0.130. The van der Waals surface area contributed by atoms with E-state index < -0.39 is 5.91 Å². The molecule has 3 aromatic heterocycles. The number of aromatic nitrogens is 4. The zero-order valence-corrected chi connectivity index (χ0v) is 18.2. The number of nitrogens with zero attached hydrogens (tertiary/aromatic N) is 3. The SMILES string of the molecule is COc1ccc(/C=C/C(=O)Nc2cc(-c3ccco3)nn2-c2nc(C)cc(=O)[nH]2)cc1OC. The van der Waals surface area contributed by atoms with E-state index in [4.69, 9.17) is 13.9 Å². The summed E-state index contributed by atoms with van der Waals surface area (Å²) in [5.74, 6) is 1.70. The molecule has 0 aliphatic rings. The van der Waals surface area contributed by atoms with Crippen LogP contribution in [0.2, 0.25) is 0 Å². The number of amides is 1. The molecule has 0 radical (unpaired) electrons. The van der Waals surface area contributed by atoms with Crippen LogP contribution >= 0.6 is 0 Å². The van der Waals surface area contributed by atoms with Crippen LogP contribution in [0.3, 0.4) is 0 Å². The normalized spacial score (nSPS) is 11.0. The third kappa shape index (κ3) is 4.85. The topological polar surface area (TPSA) is 124 Å². The molecule has 0 saturated heterocycles. The molecule has 4 rings (SSSR count). The van der Waals surface area contributed by atoms with Crippen LogP contribution < -0.4 is 20.3 Å². The van der Waals surface area contributed by atoms with Gasteiger partial charge in [-0.2, -0.15) is 9.78 Å². The Bertz CT molecular complexity index is 1370. The van der Waals surface area contributed by atoms with Crippen molar-refractivity contribution in [1.82, 2.24) is 19.7 Å². The Morgan fingerprint density at radius 1 is 1.15 bits per heavy atom. The molecule has 1 amide bonds. The van der Waals surface area contributed by atoms with Gasteiger partial charge in [-0.05, 0) is 42.8 Å². The lowest BCUT2D eigenvalue weighted by Gasteiger charge is -2.08. The highest BCUT2D eigenvalue weighted by Crippen LogP contribution is 2.28. The standard InChI is InChI=1S/C23H21N5O5/c1-14-11-22(30)26-23(24-14)28-20(13-16(27-28)17-5-4-10-33-17)25-21(29)9-7-15-6-8-18(31-2)19(12-15)32-3/h4-13H,1-3H3,(H,25,29)(H,24,26,30)/b9-7+. The second kappa shape index (κ2) is 9.27. The average molecular weight is 447 g/mol. The molecular formula is C23H21N5O5. The molecule has 1 aromatic carbocycles. The number of carbonyl (C=O) groups excluding carboxylic acids is 1. The van der Waals surface area contributed by atoms with E-state index in [1.807, 2.05) is 0 Å². The van der Waals surface area contributed by atoms with E-state index in [1.165, 1.54) is 23.1 Å². The smallest absolute Gasteiger partial charge is 0.252 e. The maximum Gasteiger partial charge on any atom is 0.252 e. The number of aromatic amines is 1. The Morgan fingerprint density at radius 3 is 2.67 bits per heavy atom. The van der Waals surface area contributed by atoms with Gasteiger partial charge in [-0.1, -0.05) is 6.07 Å². The van der Waals surface area contributed by atoms with Crippen molar-refractivity contribution in [1.29, 1.82) is 0 Å². The largest absolute Gasteiger partial charge is 0.493 e. The molecule has 0 spiro atoms. The molecule has 0 saturated carbocycles. The first-order chi connectivity index (χ1) is 16.0. The molecule has 168 valence electrons. The van der Waals surface area contributed by atoms with E-state index in [9.17, 15) is 9.59 Å². The molecule has 0 aliphatic carbocycles. The van der Waals surface area contributed by atoms with Crippen LogP contribution in [0.1, 0.15) is 11.3 Å². The van der Waals surface area contributed by atoms with Gasteiger partial charge in [-0.15, -0.1) is 0 Å². The van der Waals surface area contributed by atoms with E-state index in [0.29, 0.717) is 34.5 Å². The Balaban J connectivity index is 1.63. The van der Waals surface area contributed by atoms with E-state index in [-0.39, 0.29) is 11.5 Å². The Morgan fingerprint density at radius 2 is 1.97 bits per heavy atom. The van der Waals surface area contributed by atoms with Crippen molar-refractivity contribution < 1.29 is 18.7 Å². The van der Waals surface area contributed by atoms with Crippen molar-refractivity contribution in [3.63, 3.8) is 0 Å². The first kappa shape index (κ1) is 21.6. The molecule has 0 fully saturated rings. The number of aryl methyl sites for hydroxylation is 1. The number of hydrogen-bond acceptors (Lipinski definition) is 7. The number of carbonyl (C=O) groups is 1. The van der Waals surface area contributed by atoms with Crippen molar-refractivity contribution in [2.24, 2.45) is 0 Å². The molecular weight excluding hydrogens is 426 g/mol. The van der Waals surface area contributed by atoms with E-state index in [1.54, 1.807) is 63.6 Å². The molecule has 0 bridgehead atoms. The Labute approximate surface area is 188 Å². The minimum absolute atomic E-state index is 0.164. The van der Waals surface area contributed by atoms with Crippen LogP contribution in [0, 0.1) is 6.92 Å². The summed E-state index contributed by atoms with van der Waals surface area (Å²) in [5.41, 5.74) is 1.38. The first-order valence-corrected chi connectivity index (χ1v) is 9.90. The van der Waals surface area contributed by atoms with Gasteiger partial charge in [0.15, 0.2) is 17.3 Å². The van der Waals surface area contributed by atoms with Gasteiger partial charge < -0.3 is 19.2 Å². The van der Waals surface area contributed by atoms with Crippen LogP contribution in [0.5, 0.6) is 11.5 Å². The van der Waals surface area contributed by atoms with Gasteiger partial charge in [0.2, 0.25) is 11.9 Å². The Hall–Kier alpha value is -4.60. The van der Waals surface area contributed by atoms with Crippen LogP contribution in [-0.2, 0) is 4.79 Å². The van der Waals surface area contributed by atoms with Crippen LogP contribution in [0.25, 0.3) is 23.5 Å². The number of anilines is 1. The first-order valence-electron chi connectivity index (χ1n) is 9.90. The minimum atomic E-state index is -0.410. The second-order valence-electron chi connectivity index (χ2n) is 6.95. The summed E-state index contributed by atoms with van der Waals surface area (Å²) in [6.45, 7) is 1.69. The van der Waals surface area contributed by atoms with Crippen molar-refractivity contribution in [2.45, 2.75) is 6.92 Å². The van der Waals surface area contributed by atoms with Crippen LogP contribution in [-0.4, -0.2) is 39.9 Å². The number of nitrogens with one attached hydrogen (secondary N) is 2. The maximum absolute atomic E-state index is 12.7. The lowest BCUT2D eigenvalue weighted by atomic mass is 10.2. The van der Waals surface area contributed by atoms with Crippen molar-refractivity contribution >= 4 is 17.8 Å². The van der Waals surface area contributed by atoms with Crippen LogP contribution in [0.15, 0.2) is 64.0 Å². The molecule has 2 N–H and O–H groups in total. The third-order valence-corrected chi connectivity index (χ3v) is 4.63. The number of hydrogen-bond donors (Lipinski definition) is 2. The quantitative estimate of drug-likeness (QED) is 0.417. The summed E-state index contributed by atoms with van der Waals surface area (Å²) in [6.07, 6.45) is 4.53. The summed E-state index contributed by atoms with van der Waals surface area (Å²) in [7, 11) is 3.09. The van der Waals surface area contributed by atoms with Gasteiger partial charge >= 0.3 is 0 Å². The highest BCUT2D eigenvalue weighted by atomic mass is 16.5. The summed E-state index contributed by atoms with van der Waals surface area (Å²) in [6, 6.07) is 11.8. The number of rotatable bonds is 7. The Kier molecular flexibility index (Phi) is 6.07. The monoisotopic (exact) mass is 447 g/mol. The van der Waals surface area contributed by atoms with Gasteiger partial charge in [0.25, 0.3) is 5.56 Å². The van der Waals surface area contributed by atoms with Crippen molar-refractivity contribution in [2.75, 3.05) is 19.5 Å². The van der Waals surface area contributed by atoms with E-state index in [0.717, 1.165) is 5.56 Å². The summed E-state index contributed by atoms with van der Waals surface area (Å²) in [4.78, 5) is 31.5. The average Bonchev–Trinajstić information content (AvgIpc) is 3.47. The summed E-state index contributed by atoms with van der Waals surface area (Å²) >= 11 is 0.